The summed E-state index contributed by atoms with van der Waals surface area (Å²) in [6, 6.07) is 5.90. The van der Waals surface area contributed by atoms with Gasteiger partial charge >= 0.3 is 0 Å². The molecule has 31 heavy (non-hydrogen) atoms. The van der Waals surface area contributed by atoms with Crippen LogP contribution in [0.2, 0.25) is 0 Å². The second-order valence-electron chi connectivity index (χ2n) is 9.17. The summed E-state index contributed by atoms with van der Waals surface area (Å²) in [5.41, 5.74) is 0.814. The third-order valence-electron chi connectivity index (χ3n) is 5.32. The van der Waals surface area contributed by atoms with Gasteiger partial charge in [-0.3, -0.25) is 9.80 Å². The summed E-state index contributed by atoms with van der Waals surface area (Å²) >= 11 is 1.67. The molecule has 1 aliphatic heterocycles. The van der Waals surface area contributed by atoms with Gasteiger partial charge in [-0.25, -0.2) is 4.98 Å². The highest BCUT2D eigenvalue weighted by molar-refractivity contribution is 7.18. The highest BCUT2D eigenvalue weighted by Gasteiger charge is 2.24. The number of aliphatic hydroxyl groups is 1. The molecule has 1 N–H and O–H groups in total. The maximum absolute atomic E-state index is 10.4. The lowest BCUT2D eigenvalue weighted by Crippen LogP contribution is -2.48. The van der Waals surface area contributed by atoms with Crippen molar-refractivity contribution in [2.75, 3.05) is 39.3 Å². The highest BCUT2D eigenvalue weighted by Crippen LogP contribution is 2.25. The molecule has 0 bridgehead atoms. The lowest BCUT2D eigenvalue weighted by Gasteiger charge is -2.34. The zero-order chi connectivity index (χ0) is 22.0. The second kappa shape index (κ2) is 9.20. The van der Waals surface area contributed by atoms with Gasteiger partial charge in [0.2, 0.25) is 5.89 Å². The van der Waals surface area contributed by atoms with E-state index in [1.807, 2.05) is 25.1 Å². The predicted molar refractivity (Wildman–Crippen MR) is 121 cm³/mol. The Kier molecular flexibility index (Phi) is 6.57. The summed E-state index contributed by atoms with van der Waals surface area (Å²) in [6.45, 7) is 13.4. The van der Waals surface area contributed by atoms with Crippen molar-refractivity contribution < 1.29 is 14.4 Å². The number of fused-ring (bicyclic) bond motifs is 1. The molecule has 0 radical (unpaired) electrons. The van der Waals surface area contributed by atoms with Gasteiger partial charge in [0.05, 0.1) is 21.8 Å². The largest absolute Gasteiger partial charge is 0.491 e. The molecule has 168 valence electrons. The van der Waals surface area contributed by atoms with Gasteiger partial charge in [-0.2, -0.15) is 4.98 Å². The van der Waals surface area contributed by atoms with Gasteiger partial charge < -0.3 is 14.4 Å². The first-order valence-corrected chi connectivity index (χ1v) is 11.5. The normalized spacial score (nSPS) is 17.3. The molecule has 0 unspecified atom stereocenters. The van der Waals surface area contributed by atoms with E-state index in [2.05, 4.69) is 45.7 Å². The number of hydrogen-bond donors (Lipinski definition) is 1. The van der Waals surface area contributed by atoms with Crippen LogP contribution in [0.3, 0.4) is 0 Å². The zero-order valence-corrected chi connectivity index (χ0v) is 19.5. The second-order valence-corrected chi connectivity index (χ2v) is 10.4. The molecule has 1 atom stereocenters. The molecule has 0 spiro atoms. The molecule has 1 aromatic carbocycles. The van der Waals surface area contributed by atoms with Crippen LogP contribution < -0.4 is 4.74 Å². The summed E-state index contributed by atoms with van der Waals surface area (Å²) < 4.78 is 12.3. The van der Waals surface area contributed by atoms with Crippen molar-refractivity contribution in [2.45, 2.75) is 45.8 Å². The number of aliphatic hydroxyl groups excluding tert-OH is 1. The Balaban J connectivity index is 1.19. The average molecular weight is 446 g/mol. The van der Waals surface area contributed by atoms with E-state index < -0.39 is 6.10 Å². The maximum Gasteiger partial charge on any atom is 0.232 e. The number of nitrogens with zero attached hydrogens (tertiary/aromatic N) is 5. The number of β-amino-alcohol motifs (C(OH)–C–C–N with tert-alkyl or cyclic N) is 1. The molecule has 9 heteroatoms. The van der Waals surface area contributed by atoms with E-state index in [9.17, 15) is 5.11 Å². The van der Waals surface area contributed by atoms with E-state index in [-0.39, 0.29) is 12.0 Å². The van der Waals surface area contributed by atoms with Crippen LogP contribution in [0.25, 0.3) is 10.2 Å². The molecule has 8 nitrogen and oxygen atoms in total. The summed E-state index contributed by atoms with van der Waals surface area (Å²) in [4.78, 5) is 13.6. The Morgan fingerprint density at radius 2 is 1.90 bits per heavy atom. The topological polar surface area (TPSA) is 87.8 Å². The van der Waals surface area contributed by atoms with E-state index in [0.717, 1.165) is 53.0 Å². The number of hydrogen-bond acceptors (Lipinski definition) is 9. The Hall–Kier alpha value is -2.07. The fourth-order valence-corrected chi connectivity index (χ4v) is 4.42. The van der Waals surface area contributed by atoms with Crippen molar-refractivity contribution in [3.8, 4) is 5.75 Å². The standard InChI is InChI=1S/C22H31N5O3S/c1-15-23-18-11-17(5-6-19(18)31-15)29-14-16(28)12-26-7-9-27(10-8-26)13-20-24-21(30-25-20)22(2,3)4/h5-6,11,16,28H,7-10,12-14H2,1-4H3/t16-/m0/s1. The third-order valence-corrected chi connectivity index (χ3v) is 6.27. The Bertz CT molecular complexity index is 1000. The Morgan fingerprint density at radius 3 is 2.61 bits per heavy atom. The summed E-state index contributed by atoms with van der Waals surface area (Å²) in [5.74, 6) is 2.16. The van der Waals surface area contributed by atoms with Crippen molar-refractivity contribution in [3.05, 3.63) is 34.9 Å². The van der Waals surface area contributed by atoms with Gasteiger partial charge in [0.25, 0.3) is 0 Å². The van der Waals surface area contributed by atoms with E-state index in [0.29, 0.717) is 19.0 Å². The quantitative estimate of drug-likeness (QED) is 0.594. The number of piperazine rings is 1. The van der Waals surface area contributed by atoms with Crippen LogP contribution in [0.15, 0.2) is 22.7 Å². The summed E-state index contributed by atoms with van der Waals surface area (Å²) in [7, 11) is 0. The molecular weight excluding hydrogens is 414 g/mol. The number of rotatable bonds is 7. The molecule has 2 aromatic heterocycles. The lowest BCUT2D eigenvalue weighted by molar-refractivity contribution is 0.0440. The number of thiazole rings is 1. The van der Waals surface area contributed by atoms with Crippen LogP contribution in [-0.4, -0.2) is 75.5 Å². The summed E-state index contributed by atoms with van der Waals surface area (Å²) in [5, 5.41) is 15.6. The van der Waals surface area contributed by atoms with Crippen molar-refractivity contribution in [3.63, 3.8) is 0 Å². The van der Waals surface area contributed by atoms with Crippen LogP contribution in [0.5, 0.6) is 5.75 Å². The molecule has 3 aromatic rings. The Labute approximate surface area is 186 Å². The zero-order valence-electron chi connectivity index (χ0n) is 18.7. The van der Waals surface area contributed by atoms with Crippen LogP contribution in [0, 0.1) is 6.92 Å². The first-order valence-electron chi connectivity index (χ1n) is 10.7. The van der Waals surface area contributed by atoms with Gasteiger partial charge in [-0.15, -0.1) is 11.3 Å². The number of ether oxygens (including phenoxy) is 1. The van der Waals surface area contributed by atoms with E-state index in [1.165, 1.54) is 0 Å². The number of aromatic nitrogens is 3. The third kappa shape index (κ3) is 5.79. The number of benzene rings is 1. The molecule has 1 fully saturated rings. The van der Waals surface area contributed by atoms with Crippen molar-refractivity contribution in [1.82, 2.24) is 24.9 Å². The molecule has 3 heterocycles. The van der Waals surface area contributed by atoms with E-state index in [4.69, 9.17) is 9.26 Å². The molecular formula is C22H31N5O3S. The van der Waals surface area contributed by atoms with E-state index >= 15 is 0 Å². The first kappa shape index (κ1) is 22.1. The van der Waals surface area contributed by atoms with Crippen molar-refractivity contribution >= 4 is 21.6 Å². The molecule has 1 aliphatic rings. The maximum atomic E-state index is 10.4. The van der Waals surface area contributed by atoms with Crippen LogP contribution in [0.1, 0.15) is 37.5 Å². The van der Waals surface area contributed by atoms with Gasteiger partial charge in [0, 0.05) is 44.2 Å². The van der Waals surface area contributed by atoms with E-state index in [1.54, 1.807) is 11.3 Å². The molecule has 4 rings (SSSR count). The van der Waals surface area contributed by atoms with Gasteiger partial charge in [0.15, 0.2) is 5.82 Å². The minimum absolute atomic E-state index is 0.132. The minimum atomic E-state index is -0.536. The monoisotopic (exact) mass is 445 g/mol. The lowest BCUT2D eigenvalue weighted by atomic mass is 9.97. The van der Waals surface area contributed by atoms with Crippen LogP contribution >= 0.6 is 11.3 Å². The van der Waals surface area contributed by atoms with Gasteiger partial charge in [0.1, 0.15) is 18.5 Å². The average Bonchev–Trinajstić information content (AvgIpc) is 3.33. The highest BCUT2D eigenvalue weighted by atomic mass is 32.1. The fourth-order valence-electron chi connectivity index (χ4n) is 3.61. The van der Waals surface area contributed by atoms with Crippen LogP contribution in [-0.2, 0) is 12.0 Å². The fraction of sp³-hybridized carbons (Fsp3) is 0.591. The molecule has 0 amide bonds. The van der Waals surface area contributed by atoms with Crippen LogP contribution in [0.4, 0.5) is 0 Å². The predicted octanol–water partition coefficient (Wildman–Crippen LogP) is 2.84. The molecule has 0 saturated carbocycles. The minimum Gasteiger partial charge on any atom is -0.491 e. The van der Waals surface area contributed by atoms with Crippen molar-refractivity contribution in [1.29, 1.82) is 0 Å². The molecule has 1 saturated heterocycles. The smallest absolute Gasteiger partial charge is 0.232 e. The van der Waals surface area contributed by atoms with Gasteiger partial charge in [-0.05, 0) is 19.1 Å². The number of aryl methyl sites for hydroxylation is 1. The first-order chi connectivity index (χ1) is 14.8. The van der Waals surface area contributed by atoms with Gasteiger partial charge in [-0.1, -0.05) is 25.9 Å². The summed E-state index contributed by atoms with van der Waals surface area (Å²) in [6.07, 6.45) is -0.536. The molecule has 0 aliphatic carbocycles. The SMILES string of the molecule is Cc1nc2cc(OC[C@@H](O)CN3CCN(Cc4noc(C(C)(C)C)n4)CC3)ccc2s1. The Morgan fingerprint density at radius 1 is 1.16 bits per heavy atom. The van der Waals surface area contributed by atoms with Crippen molar-refractivity contribution in [2.24, 2.45) is 0 Å².